The summed E-state index contributed by atoms with van der Waals surface area (Å²) in [4.78, 5) is 0. The second-order valence-corrected chi connectivity index (χ2v) is 6.74. The molecule has 0 amide bonds. The Bertz CT molecular complexity index is 117. The van der Waals surface area contributed by atoms with Crippen LogP contribution in [0.25, 0.3) is 0 Å². The van der Waals surface area contributed by atoms with E-state index in [4.69, 9.17) is 0 Å². The first-order chi connectivity index (χ1) is 7.20. The lowest BCUT2D eigenvalue weighted by molar-refractivity contribution is 0.246. The lowest BCUT2D eigenvalue weighted by Crippen LogP contribution is -2.01. The monoisotopic (exact) mass is 248 g/mol. The van der Waals surface area contributed by atoms with Crippen molar-refractivity contribution in [3.05, 3.63) is 12.2 Å². The Kier molecular flexibility index (Phi) is 23.5. The van der Waals surface area contributed by atoms with E-state index in [9.17, 15) is 4.39 Å². The van der Waals surface area contributed by atoms with Crippen LogP contribution in [0.15, 0.2) is 12.2 Å². The Morgan fingerprint density at radius 3 is 0.824 bits per heavy atom. The van der Waals surface area contributed by atoms with Crippen LogP contribution in [0, 0.1) is 11.8 Å². The third-order valence-electron chi connectivity index (χ3n) is 0. The highest BCUT2D eigenvalue weighted by Gasteiger charge is 2.01. The quantitative estimate of drug-likeness (QED) is 0.420. The van der Waals surface area contributed by atoms with Crippen LogP contribution in [0.1, 0.15) is 76.2 Å². The Labute approximate surface area is 111 Å². The van der Waals surface area contributed by atoms with Gasteiger partial charge < -0.3 is 0 Å². The normalized spacial score (nSPS) is 9.29. The largest absolute Gasteiger partial charge is 0.245 e. The molecule has 17 heavy (non-hydrogen) atoms. The maximum absolute atomic E-state index is 11.7. The van der Waals surface area contributed by atoms with E-state index in [2.05, 4.69) is 48.1 Å². The number of allylic oxidation sites excluding steroid dienone is 1. The SMILES string of the molecule is C=C(C)C.CC(C)(C)F.CC(C)C.CC(C)C. The van der Waals surface area contributed by atoms with E-state index in [1.54, 1.807) is 0 Å². The van der Waals surface area contributed by atoms with Gasteiger partial charge in [0.2, 0.25) is 0 Å². The summed E-state index contributed by atoms with van der Waals surface area (Å²) >= 11 is 0. The van der Waals surface area contributed by atoms with Gasteiger partial charge in [0.25, 0.3) is 0 Å². The van der Waals surface area contributed by atoms with Gasteiger partial charge >= 0.3 is 0 Å². The Balaban J connectivity index is -0.0000000667. The summed E-state index contributed by atoms with van der Waals surface area (Å²) in [6.45, 7) is 25.1. The van der Waals surface area contributed by atoms with Crippen LogP contribution in [0.3, 0.4) is 0 Å². The number of halogens is 1. The topological polar surface area (TPSA) is 0 Å². The highest BCUT2D eigenvalue weighted by molar-refractivity contribution is 4.78. The summed E-state index contributed by atoms with van der Waals surface area (Å²) in [7, 11) is 0. The van der Waals surface area contributed by atoms with Gasteiger partial charge in [-0.1, -0.05) is 47.1 Å². The molecule has 0 saturated heterocycles. The first-order valence-electron chi connectivity index (χ1n) is 6.51. The molecule has 0 aliphatic heterocycles. The van der Waals surface area contributed by atoms with Crippen LogP contribution in [-0.2, 0) is 0 Å². The lowest BCUT2D eigenvalue weighted by atomic mass is 10.2. The Morgan fingerprint density at radius 2 is 0.824 bits per heavy atom. The van der Waals surface area contributed by atoms with E-state index < -0.39 is 5.67 Å². The van der Waals surface area contributed by atoms with Gasteiger partial charge in [-0.15, -0.1) is 6.58 Å². The van der Waals surface area contributed by atoms with Gasteiger partial charge in [0.05, 0.1) is 0 Å². The molecular weight excluding hydrogens is 211 g/mol. The van der Waals surface area contributed by atoms with E-state index in [1.807, 2.05) is 13.8 Å². The van der Waals surface area contributed by atoms with Crippen molar-refractivity contribution in [3.8, 4) is 0 Å². The van der Waals surface area contributed by atoms with E-state index in [-0.39, 0.29) is 0 Å². The van der Waals surface area contributed by atoms with Crippen molar-refractivity contribution in [2.75, 3.05) is 0 Å². The van der Waals surface area contributed by atoms with Crippen LogP contribution in [-0.4, -0.2) is 5.67 Å². The van der Waals surface area contributed by atoms with Crippen LogP contribution < -0.4 is 0 Å². The molecular formula is C16H37F. The molecule has 0 nitrogen and oxygen atoms in total. The molecule has 0 radical (unpaired) electrons. The minimum atomic E-state index is -1.00. The summed E-state index contributed by atoms with van der Waals surface area (Å²) in [6, 6.07) is 0. The zero-order valence-electron chi connectivity index (χ0n) is 14.2. The lowest BCUT2D eigenvalue weighted by Gasteiger charge is -1.99. The zero-order chi connectivity index (χ0) is 15.2. The molecule has 0 aliphatic carbocycles. The third-order valence-corrected chi connectivity index (χ3v) is 0. The first-order valence-corrected chi connectivity index (χ1v) is 6.51. The van der Waals surface area contributed by atoms with Crippen molar-refractivity contribution in [2.45, 2.75) is 81.8 Å². The van der Waals surface area contributed by atoms with Gasteiger partial charge in [0.15, 0.2) is 0 Å². The molecule has 0 aliphatic rings. The van der Waals surface area contributed by atoms with Gasteiger partial charge in [-0.05, 0) is 46.5 Å². The van der Waals surface area contributed by atoms with Crippen molar-refractivity contribution in [1.29, 1.82) is 0 Å². The minimum Gasteiger partial charge on any atom is -0.245 e. The smallest absolute Gasteiger partial charge is 0.102 e. The molecule has 0 aromatic heterocycles. The Hall–Kier alpha value is -0.330. The molecule has 108 valence electrons. The predicted octanol–water partition coefficient (Wildman–Crippen LogP) is 6.66. The molecule has 0 bridgehead atoms. The molecule has 0 atom stereocenters. The molecule has 0 spiro atoms. The third kappa shape index (κ3) is 26900. The van der Waals surface area contributed by atoms with E-state index in [1.165, 1.54) is 26.3 Å². The number of rotatable bonds is 0. The van der Waals surface area contributed by atoms with Crippen LogP contribution in [0.4, 0.5) is 4.39 Å². The molecule has 0 saturated carbocycles. The average Bonchev–Trinajstić information content (AvgIpc) is 1.73. The summed E-state index contributed by atoms with van der Waals surface area (Å²) in [5, 5.41) is 0. The predicted molar refractivity (Wildman–Crippen MR) is 82.4 cm³/mol. The highest BCUT2D eigenvalue weighted by Crippen LogP contribution is 2.02. The fourth-order valence-electron chi connectivity index (χ4n) is 0. The summed E-state index contributed by atoms with van der Waals surface area (Å²) in [5.74, 6) is 1.67. The van der Waals surface area contributed by atoms with Gasteiger partial charge in [-0.25, -0.2) is 4.39 Å². The van der Waals surface area contributed by atoms with Crippen molar-refractivity contribution < 1.29 is 4.39 Å². The van der Waals surface area contributed by atoms with Gasteiger partial charge in [-0.2, -0.15) is 0 Å². The van der Waals surface area contributed by atoms with E-state index in [0.29, 0.717) is 0 Å². The van der Waals surface area contributed by atoms with E-state index in [0.717, 1.165) is 11.8 Å². The van der Waals surface area contributed by atoms with Gasteiger partial charge in [0.1, 0.15) is 5.67 Å². The van der Waals surface area contributed by atoms with Gasteiger partial charge in [-0.3, -0.25) is 0 Å². The second-order valence-electron chi connectivity index (χ2n) is 6.74. The van der Waals surface area contributed by atoms with Crippen molar-refractivity contribution >= 4 is 0 Å². The molecule has 0 unspecified atom stereocenters. The number of hydrogen-bond donors (Lipinski definition) is 0. The number of alkyl halides is 1. The fourth-order valence-corrected chi connectivity index (χ4v) is 0. The molecule has 0 N–H and O–H groups in total. The first kappa shape index (κ1) is 25.5. The minimum absolute atomic E-state index is 0.833. The highest BCUT2D eigenvalue weighted by atomic mass is 19.1. The van der Waals surface area contributed by atoms with Crippen molar-refractivity contribution in [1.82, 2.24) is 0 Å². The zero-order valence-corrected chi connectivity index (χ0v) is 14.2. The molecule has 0 heterocycles. The van der Waals surface area contributed by atoms with Crippen molar-refractivity contribution in [3.63, 3.8) is 0 Å². The van der Waals surface area contributed by atoms with E-state index >= 15 is 0 Å². The molecule has 0 fully saturated rings. The number of hydrogen-bond acceptors (Lipinski definition) is 0. The fraction of sp³-hybridized carbons (Fsp3) is 0.875. The van der Waals surface area contributed by atoms with Crippen molar-refractivity contribution in [2.24, 2.45) is 11.8 Å². The van der Waals surface area contributed by atoms with Crippen LogP contribution >= 0.6 is 0 Å². The molecule has 0 rings (SSSR count). The molecule has 0 aromatic carbocycles. The van der Waals surface area contributed by atoms with Crippen LogP contribution in [0.2, 0.25) is 0 Å². The van der Waals surface area contributed by atoms with Crippen LogP contribution in [0.5, 0.6) is 0 Å². The maximum atomic E-state index is 11.7. The molecule has 0 aromatic rings. The van der Waals surface area contributed by atoms with Gasteiger partial charge in [0, 0.05) is 0 Å². The Morgan fingerprint density at radius 1 is 0.824 bits per heavy atom. The summed E-state index contributed by atoms with van der Waals surface area (Å²) in [5.41, 5.74) is 0.167. The second kappa shape index (κ2) is 15.7. The standard InChI is InChI=1S/C4H9F.2C4H10.C4H8/c1-4(2,3)5;3*1-4(2)3/h1-3H3;2*4H,1-3H3;1H2,2-3H3. The maximum Gasteiger partial charge on any atom is 0.102 e. The average molecular weight is 248 g/mol. The summed E-state index contributed by atoms with van der Waals surface area (Å²) in [6.07, 6.45) is 0. The summed E-state index contributed by atoms with van der Waals surface area (Å²) < 4.78 is 11.7. The molecule has 1 heteroatoms.